The summed E-state index contributed by atoms with van der Waals surface area (Å²) in [5.74, 6) is -0.0782. The number of methoxy groups -OCH3 is 1. The first-order chi connectivity index (χ1) is 19.1. The monoisotopic (exact) mass is 592 g/mol. The standard InChI is InChI=1S/C31H42F2N2O5S/c1-30(2,3)39-28(36)19-34(16-22-14-23(32)10-13-27(22)33)17-24-15-26(18-35(24)29(37)40-31(4,5)6)41-20-21-8-11-25(38-7)12-9-21/h8-14,24,26H,15-20H2,1-7H3/t24-,26+/m0/s1. The van der Waals surface area contributed by atoms with Gasteiger partial charge in [-0.2, -0.15) is 11.8 Å². The van der Waals surface area contributed by atoms with Crippen molar-refractivity contribution in [3.63, 3.8) is 0 Å². The number of halogens is 2. The fraction of sp³-hybridized carbons (Fsp3) is 0.548. The van der Waals surface area contributed by atoms with E-state index in [0.717, 1.165) is 35.3 Å². The fourth-order valence-corrected chi connectivity index (χ4v) is 5.84. The van der Waals surface area contributed by atoms with Crippen molar-refractivity contribution in [3.8, 4) is 5.75 Å². The van der Waals surface area contributed by atoms with Crippen molar-refractivity contribution in [1.82, 2.24) is 9.80 Å². The number of nitrogens with zero attached hydrogens (tertiary/aromatic N) is 2. The number of hydrogen-bond acceptors (Lipinski definition) is 7. The Morgan fingerprint density at radius 1 is 1.00 bits per heavy atom. The Labute approximate surface area is 246 Å². The molecule has 0 saturated carbocycles. The van der Waals surface area contributed by atoms with Gasteiger partial charge in [-0.25, -0.2) is 13.6 Å². The topological polar surface area (TPSA) is 68.3 Å². The normalized spacial score (nSPS) is 17.6. The highest BCUT2D eigenvalue weighted by atomic mass is 32.2. The lowest BCUT2D eigenvalue weighted by atomic mass is 10.1. The number of benzene rings is 2. The van der Waals surface area contributed by atoms with Gasteiger partial charge in [-0.15, -0.1) is 0 Å². The summed E-state index contributed by atoms with van der Waals surface area (Å²) < 4.78 is 45.1. The Hall–Kier alpha value is -2.85. The van der Waals surface area contributed by atoms with Crippen LogP contribution in [0.1, 0.15) is 59.1 Å². The van der Waals surface area contributed by atoms with E-state index in [0.29, 0.717) is 13.0 Å². The van der Waals surface area contributed by atoms with Crippen LogP contribution in [0, 0.1) is 11.6 Å². The van der Waals surface area contributed by atoms with E-state index in [2.05, 4.69) is 0 Å². The van der Waals surface area contributed by atoms with Gasteiger partial charge >= 0.3 is 12.1 Å². The van der Waals surface area contributed by atoms with Crippen LogP contribution in [0.2, 0.25) is 0 Å². The first-order valence-corrected chi connectivity index (χ1v) is 14.8. The van der Waals surface area contributed by atoms with Gasteiger partial charge in [-0.1, -0.05) is 12.1 Å². The van der Waals surface area contributed by atoms with E-state index in [4.69, 9.17) is 14.2 Å². The number of amides is 1. The fourth-order valence-electron chi connectivity index (χ4n) is 4.59. The average Bonchev–Trinajstić information content (AvgIpc) is 3.25. The third-order valence-corrected chi connectivity index (χ3v) is 7.61. The quantitative estimate of drug-likeness (QED) is 0.295. The zero-order valence-electron chi connectivity index (χ0n) is 25.0. The smallest absolute Gasteiger partial charge is 0.410 e. The van der Waals surface area contributed by atoms with Crippen molar-refractivity contribution in [2.75, 3.05) is 26.7 Å². The Morgan fingerprint density at radius 2 is 1.66 bits per heavy atom. The van der Waals surface area contributed by atoms with Gasteiger partial charge in [0, 0.05) is 42.2 Å². The minimum atomic E-state index is -0.702. The van der Waals surface area contributed by atoms with Crippen molar-refractivity contribution in [2.24, 2.45) is 0 Å². The summed E-state index contributed by atoms with van der Waals surface area (Å²) in [6.07, 6.45) is 0.209. The van der Waals surface area contributed by atoms with Crippen LogP contribution >= 0.6 is 11.8 Å². The van der Waals surface area contributed by atoms with Crippen molar-refractivity contribution in [1.29, 1.82) is 0 Å². The van der Waals surface area contributed by atoms with Crippen molar-refractivity contribution in [3.05, 3.63) is 65.2 Å². The molecule has 0 bridgehead atoms. The van der Waals surface area contributed by atoms with Gasteiger partial charge in [0.2, 0.25) is 0 Å². The van der Waals surface area contributed by atoms with Gasteiger partial charge in [-0.3, -0.25) is 9.69 Å². The maximum Gasteiger partial charge on any atom is 0.410 e. The van der Waals surface area contributed by atoms with Crippen LogP contribution in [-0.2, 0) is 26.6 Å². The van der Waals surface area contributed by atoms with Crippen LogP contribution < -0.4 is 4.74 Å². The van der Waals surface area contributed by atoms with Gasteiger partial charge < -0.3 is 19.1 Å². The molecule has 0 unspecified atom stereocenters. The summed E-state index contributed by atoms with van der Waals surface area (Å²) in [4.78, 5) is 29.5. The molecular weight excluding hydrogens is 550 g/mol. The number of carbonyl (C=O) groups excluding carboxylic acids is 2. The van der Waals surface area contributed by atoms with Crippen LogP contribution in [0.4, 0.5) is 13.6 Å². The number of rotatable bonds is 10. The van der Waals surface area contributed by atoms with Crippen LogP contribution in [0.5, 0.6) is 5.75 Å². The molecule has 2 aromatic carbocycles. The lowest BCUT2D eigenvalue weighted by Gasteiger charge is -2.32. The molecule has 226 valence electrons. The van der Waals surface area contributed by atoms with Gasteiger partial charge in [0.15, 0.2) is 0 Å². The molecule has 7 nitrogen and oxygen atoms in total. The number of ether oxygens (including phenoxy) is 3. The highest BCUT2D eigenvalue weighted by molar-refractivity contribution is 7.99. The highest BCUT2D eigenvalue weighted by Crippen LogP contribution is 2.32. The van der Waals surface area contributed by atoms with Crippen LogP contribution in [0.15, 0.2) is 42.5 Å². The van der Waals surface area contributed by atoms with Crippen molar-refractivity contribution >= 4 is 23.8 Å². The summed E-state index contributed by atoms with van der Waals surface area (Å²) in [6.45, 7) is 11.3. The van der Waals surface area contributed by atoms with Crippen molar-refractivity contribution < 1.29 is 32.6 Å². The first-order valence-electron chi connectivity index (χ1n) is 13.7. The number of esters is 1. The number of likely N-dealkylation sites (tertiary alicyclic amines) is 1. The second-order valence-corrected chi connectivity index (χ2v) is 13.6. The van der Waals surface area contributed by atoms with Gasteiger partial charge in [0.1, 0.15) is 28.6 Å². The van der Waals surface area contributed by atoms with E-state index >= 15 is 0 Å². The Kier molecular flexibility index (Phi) is 11.1. The van der Waals surface area contributed by atoms with E-state index < -0.39 is 34.9 Å². The lowest BCUT2D eigenvalue weighted by Crippen LogP contribution is -2.46. The first kappa shape index (κ1) is 32.7. The maximum atomic E-state index is 14.6. The Bertz CT molecular complexity index is 1180. The molecule has 2 aromatic rings. The molecule has 2 atom stereocenters. The van der Waals surface area contributed by atoms with Gasteiger partial charge in [0.05, 0.1) is 13.7 Å². The molecular formula is C31H42F2N2O5S. The van der Waals surface area contributed by atoms with Crippen molar-refractivity contribution in [2.45, 2.75) is 82.8 Å². The molecule has 0 N–H and O–H groups in total. The molecule has 0 aromatic heterocycles. The number of hydrogen-bond donors (Lipinski definition) is 0. The molecule has 1 aliphatic rings. The molecule has 0 spiro atoms. The van der Waals surface area contributed by atoms with Gasteiger partial charge in [-0.05, 0) is 83.9 Å². The second kappa shape index (κ2) is 13.9. The van der Waals surface area contributed by atoms with E-state index in [1.165, 1.54) is 0 Å². The maximum absolute atomic E-state index is 14.6. The number of thioether (sulfide) groups is 1. The van der Waals surface area contributed by atoms with E-state index in [-0.39, 0.29) is 36.5 Å². The molecule has 1 saturated heterocycles. The summed E-state index contributed by atoms with van der Waals surface area (Å²) in [7, 11) is 1.63. The molecule has 1 aliphatic heterocycles. The molecule has 41 heavy (non-hydrogen) atoms. The highest BCUT2D eigenvalue weighted by Gasteiger charge is 2.39. The van der Waals surface area contributed by atoms with Crippen LogP contribution in [0.3, 0.4) is 0 Å². The third kappa shape index (κ3) is 10.8. The molecule has 1 amide bonds. The average molecular weight is 593 g/mol. The van der Waals surface area contributed by atoms with E-state index in [1.807, 2.05) is 45.0 Å². The molecule has 10 heteroatoms. The summed E-state index contributed by atoms with van der Waals surface area (Å²) in [6, 6.07) is 10.8. The minimum absolute atomic E-state index is 0.0227. The summed E-state index contributed by atoms with van der Waals surface area (Å²) in [5.41, 5.74) is -0.125. The second-order valence-electron chi connectivity index (χ2n) is 12.3. The van der Waals surface area contributed by atoms with Gasteiger partial charge in [0.25, 0.3) is 0 Å². The Balaban J connectivity index is 1.80. The lowest BCUT2D eigenvalue weighted by molar-refractivity contribution is -0.156. The van der Waals surface area contributed by atoms with Crippen LogP contribution in [0.25, 0.3) is 0 Å². The SMILES string of the molecule is COc1ccc(CS[C@@H]2C[C@@H](CN(CC(=O)OC(C)(C)C)Cc3cc(F)ccc3F)N(C(=O)OC(C)(C)C)C2)cc1. The molecule has 0 radical (unpaired) electrons. The molecule has 3 rings (SSSR count). The van der Waals surface area contributed by atoms with E-state index in [9.17, 15) is 18.4 Å². The predicted octanol–water partition coefficient (Wildman–Crippen LogP) is 6.43. The largest absolute Gasteiger partial charge is 0.497 e. The molecule has 0 aliphatic carbocycles. The zero-order chi connectivity index (χ0) is 30.4. The van der Waals surface area contributed by atoms with E-state index in [1.54, 1.807) is 49.4 Å². The minimum Gasteiger partial charge on any atom is -0.497 e. The number of carbonyl (C=O) groups is 2. The predicted molar refractivity (Wildman–Crippen MR) is 157 cm³/mol. The Morgan fingerprint density at radius 3 is 2.27 bits per heavy atom. The summed E-state index contributed by atoms with van der Waals surface area (Å²) in [5, 5.41) is 0.115. The third-order valence-electron chi connectivity index (χ3n) is 6.29. The van der Waals surface area contributed by atoms with Crippen LogP contribution in [-0.4, -0.2) is 71.1 Å². The zero-order valence-corrected chi connectivity index (χ0v) is 25.9. The molecule has 1 heterocycles. The summed E-state index contributed by atoms with van der Waals surface area (Å²) >= 11 is 1.74. The molecule has 1 fully saturated rings.